The van der Waals surface area contributed by atoms with E-state index in [9.17, 15) is 0 Å². The number of aromatic amines is 2. The lowest BCUT2D eigenvalue weighted by molar-refractivity contribution is 0.528. The summed E-state index contributed by atoms with van der Waals surface area (Å²) in [4.78, 5) is 20.7. The molecule has 0 saturated heterocycles. The Labute approximate surface area is 463 Å². The van der Waals surface area contributed by atoms with Crippen LogP contribution in [0.5, 0.6) is 0 Å². The zero-order chi connectivity index (χ0) is 51.4. The van der Waals surface area contributed by atoms with Crippen molar-refractivity contribution in [3.05, 3.63) is 259 Å². The van der Waals surface area contributed by atoms with Crippen LogP contribution in [0, 0.1) is 0 Å². The van der Waals surface area contributed by atoms with Gasteiger partial charge in [0.05, 0.1) is 22.8 Å². The van der Waals surface area contributed by atoms with Crippen LogP contribution in [0.4, 0.5) is 0 Å². The highest BCUT2D eigenvalue weighted by atomic mass is 14.8. The Balaban J connectivity index is 0.892. The van der Waals surface area contributed by atoms with E-state index in [0.717, 1.165) is 74.1 Å². The predicted molar refractivity (Wildman–Crippen MR) is 326 cm³/mol. The Kier molecular flexibility index (Phi) is 7.83. The summed E-state index contributed by atoms with van der Waals surface area (Å²) in [6, 6.07) is 66.6. The largest absolute Gasteiger partial charge is 0.355 e. The summed E-state index contributed by atoms with van der Waals surface area (Å²) >= 11 is 0. The lowest BCUT2D eigenvalue weighted by Gasteiger charge is -2.40. The molecule has 4 nitrogen and oxygen atoms in total. The van der Waals surface area contributed by atoms with Crippen LogP contribution in [0.15, 0.2) is 170 Å². The molecular formula is C76H54N4. The average molecular weight is 1020 g/mol. The van der Waals surface area contributed by atoms with Gasteiger partial charge < -0.3 is 9.97 Å². The lowest BCUT2D eigenvalue weighted by Crippen LogP contribution is -2.24. The van der Waals surface area contributed by atoms with Gasteiger partial charge in [0.2, 0.25) is 0 Å². The standard InChI is InChI=1S/C76H54N4/c1-2-10-38-26-54-46-18-17-45(53(54)25-37(38)9-1)69-61-33-63-71-47-19-20-49(57-29-41-13-4-3-11-39(41)27-55(47)57)73(71)65(78-63)35-67-75-51-23-24-52(60-32-44-16-8-7-15-43(44)31-59(51)60)76(75)68(80-67)36-66-74-50-22-21-48(72(74)64(79-66)34-62(77-61)70(46)69)56-28-40-12-5-6-14-42(40)30-58(50)56/h1-16,25-36,45-52,77-78H,17-24H2. The number of benzene rings is 8. The van der Waals surface area contributed by atoms with Crippen molar-refractivity contribution in [2.24, 2.45) is 0 Å². The molecule has 80 heavy (non-hydrogen) atoms. The van der Waals surface area contributed by atoms with Gasteiger partial charge in [0.1, 0.15) is 0 Å². The van der Waals surface area contributed by atoms with E-state index in [2.05, 4.69) is 180 Å². The molecule has 8 atom stereocenters. The smallest absolute Gasteiger partial charge is 0.0700 e. The Bertz CT molecular complexity index is 4720. The maximum atomic E-state index is 6.03. The van der Waals surface area contributed by atoms with Gasteiger partial charge in [0.15, 0.2) is 0 Å². The van der Waals surface area contributed by atoms with Gasteiger partial charge in [-0.2, -0.15) is 0 Å². The van der Waals surface area contributed by atoms with Crippen LogP contribution in [0.3, 0.4) is 0 Å². The number of nitrogens with zero attached hydrogens (tertiary/aromatic N) is 2. The van der Waals surface area contributed by atoms with E-state index in [-0.39, 0.29) is 23.7 Å². The molecule has 14 aliphatic rings. The molecule has 5 heterocycles. The number of hydrogen-bond acceptors (Lipinski definition) is 2. The zero-order valence-electron chi connectivity index (χ0n) is 44.3. The van der Waals surface area contributed by atoms with E-state index in [1.807, 2.05) is 0 Å². The maximum absolute atomic E-state index is 6.03. The van der Waals surface area contributed by atoms with Gasteiger partial charge in [0, 0.05) is 69.4 Å². The summed E-state index contributed by atoms with van der Waals surface area (Å²) in [5.41, 5.74) is 33.5. The number of hydrogen-bond donors (Lipinski definition) is 2. The molecule has 0 radical (unpaired) electrons. The second-order valence-corrected chi connectivity index (χ2v) is 25.6. The Morgan fingerprint density at radius 2 is 0.450 bits per heavy atom. The third-order valence-electron chi connectivity index (χ3n) is 22.1. The molecule has 0 amide bonds. The molecule has 8 aromatic carbocycles. The average Bonchev–Trinajstić information content (AvgIpc) is 4.14. The van der Waals surface area contributed by atoms with Gasteiger partial charge in [-0.15, -0.1) is 0 Å². The van der Waals surface area contributed by atoms with Crippen molar-refractivity contribution in [1.82, 2.24) is 19.9 Å². The maximum Gasteiger partial charge on any atom is 0.0700 e. The molecule has 4 heteroatoms. The fraction of sp³-hybridized carbons (Fsp3) is 0.211. The number of rotatable bonds is 0. The first-order valence-electron chi connectivity index (χ1n) is 30.0. The van der Waals surface area contributed by atoms with Crippen molar-refractivity contribution < 1.29 is 0 Å². The third-order valence-corrected chi connectivity index (χ3v) is 22.1. The first kappa shape index (κ1) is 42.4. The van der Waals surface area contributed by atoms with Gasteiger partial charge in [-0.25, -0.2) is 9.97 Å². The second kappa shape index (κ2) is 14.8. The minimum absolute atomic E-state index is 0.273. The third kappa shape index (κ3) is 5.30. The first-order valence-corrected chi connectivity index (χ1v) is 30.0. The summed E-state index contributed by atoms with van der Waals surface area (Å²) in [6.07, 6.45) is 9.17. The molecule has 3 aromatic heterocycles. The quantitative estimate of drug-likeness (QED) is 0.159. The molecule has 378 valence electrons. The molecule has 2 aliphatic heterocycles. The molecule has 2 N–H and O–H groups in total. The predicted octanol–water partition coefficient (Wildman–Crippen LogP) is 18.8. The summed E-state index contributed by atoms with van der Waals surface area (Å²) in [5.74, 6) is 2.30. The molecule has 8 unspecified atom stereocenters. The summed E-state index contributed by atoms with van der Waals surface area (Å²) < 4.78 is 0. The fourth-order valence-corrected chi connectivity index (χ4v) is 19.1. The Morgan fingerprint density at radius 3 is 0.713 bits per heavy atom. The second-order valence-electron chi connectivity index (χ2n) is 25.6. The highest BCUT2D eigenvalue weighted by Gasteiger charge is 2.48. The molecule has 0 saturated carbocycles. The van der Waals surface area contributed by atoms with E-state index >= 15 is 0 Å². The van der Waals surface area contributed by atoms with E-state index in [1.54, 1.807) is 0 Å². The van der Waals surface area contributed by atoms with Crippen LogP contribution in [-0.2, 0) is 0 Å². The highest BCUT2D eigenvalue weighted by Crippen LogP contribution is 2.65. The summed E-state index contributed by atoms with van der Waals surface area (Å²) in [6.45, 7) is 0. The molecule has 25 rings (SSSR count). The Morgan fingerprint density at radius 1 is 0.237 bits per heavy atom. The highest BCUT2D eigenvalue weighted by molar-refractivity contribution is 6.06. The van der Waals surface area contributed by atoms with E-state index < -0.39 is 0 Å². The van der Waals surface area contributed by atoms with Crippen molar-refractivity contribution in [2.75, 3.05) is 0 Å². The van der Waals surface area contributed by atoms with Gasteiger partial charge in [-0.1, -0.05) is 146 Å². The molecule has 16 bridgehead atoms. The van der Waals surface area contributed by atoms with Gasteiger partial charge in [0.25, 0.3) is 0 Å². The number of H-pyrrole nitrogens is 2. The molecule has 0 spiro atoms. The van der Waals surface area contributed by atoms with Crippen LogP contribution >= 0.6 is 0 Å². The molecule has 12 aliphatic carbocycles. The van der Waals surface area contributed by atoms with Crippen molar-refractivity contribution in [2.45, 2.75) is 98.7 Å². The number of nitrogens with one attached hydrogen (secondary N) is 2. The van der Waals surface area contributed by atoms with Crippen LogP contribution in [-0.4, -0.2) is 19.9 Å². The number of allylic oxidation sites excluding steroid dienone is 4. The van der Waals surface area contributed by atoms with E-state index in [0.29, 0.717) is 23.7 Å². The van der Waals surface area contributed by atoms with Gasteiger partial charge >= 0.3 is 0 Å². The van der Waals surface area contributed by atoms with Gasteiger partial charge in [-0.05, 0) is 208 Å². The number of fused-ring (bicyclic) bond motifs is 16. The molecule has 11 aromatic rings. The summed E-state index contributed by atoms with van der Waals surface area (Å²) in [5, 5.41) is 10.7. The van der Waals surface area contributed by atoms with Crippen molar-refractivity contribution in [3.63, 3.8) is 0 Å². The topological polar surface area (TPSA) is 57.4 Å². The van der Waals surface area contributed by atoms with Crippen molar-refractivity contribution in [3.8, 4) is 0 Å². The van der Waals surface area contributed by atoms with Crippen molar-refractivity contribution in [1.29, 1.82) is 0 Å². The van der Waals surface area contributed by atoms with Crippen LogP contribution in [0.2, 0.25) is 0 Å². The van der Waals surface area contributed by atoms with Crippen molar-refractivity contribution >= 4 is 87.4 Å². The molecular weight excluding hydrogens is 969 g/mol. The van der Waals surface area contributed by atoms with Crippen LogP contribution in [0.1, 0.15) is 188 Å². The summed E-state index contributed by atoms with van der Waals surface area (Å²) in [7, 11) is 0. The normalized spacial score (nSPS) is 24.5. The van der Waals surface area contributed by atoms with Crippen LogP contribution < -0.4 is 0 Å². The minimum Gasteiger partial charge on any atom is -0.355 e. The number of aromatic nitrogens is 4. The SMILES string of the molecule is c1ccc2cc3c(cc2c1)C1CCC3C2=C1c1cc3nc(cc4[nH]c(cc5[nH]c(cc2n1)c1c5C2CCC1c1cc5ccccc5cc12)c1c4C2CCC1c1cc4ccccc4cc12)C1=C3C2CCC1c1cc3ccccc3cc12. The van der Waals surface area contributed by atoms with E-state index in [1.165, 1.54) is 154 Å². The van der Waals surface area contributed by atoms with Crippen LogP contribution in [0.25, 0.3) is 87.4 Å². The fourth-order valence-electron chi connectivity index (χ4n) is 19.1. The van der Waals surface area contributed by atoms with Gasteiger partial charge in [-0.3, -0.25) is 0 Å². The zero-order valence-corrected chi connectivity index (χ0v) is 44.3. The monoisotopic (exact) mass is 1020 g/mol. The first-order chi connectivity index (χ1) is 39.6. The lowest BCUT2D eigenvalue weighted by atomic mass is 9.62. The Hall–Kier alpha value is -8.60. The minimum atomic E-state index is 0.273. The van der Waals surface area contributed by atoms with E-state index in [4.69, 9.17) is 9.97 Å². The molecule has 0 fully saturated rings.